The number of benzene rings is 1. The van der Waals surface area contributed by atoms with Gasteiger partial charge in [-0.25, -0.2) is 0 Å². The molecule has 5 nitrogen and oxygen atoms in total. The van der Waals surface area contributed by atoms with E-state index in [2.05, 4.69) is 10.6 Å². The van der Waals surface area contributed by atoms with E-state index in [1.165, 1.54) is 0 Å². The fourth-order valence-corrected chi connectivity index (χ4v) is 2.20. The van der Waals surface area contributed by atoms with Crippen LogP contribution in [-0.4, -0.2) is 49.6 Å². The maximum absolute atomic E-state index is 9.19. The summed E-state index contributed by atoms with van der Waals surface area (Å²) in [6.07, 6.45) is 0. The molecule has 0 aliphatic carbocycles. The van der Waals surface area contributed by atoms with Gasteiger partial charge in [-0.05, 0) is 36.5 Å². The summed E-state index contributed by atoms with van der Waals surface area (Å²) in [6, 6.07) is 6.83. The SMILES string of the molecule is Oc1ccc(NC(=S)NCC[NH+]2CCOCC2)cc1. The second kappa shape index (κ2) is 7.28. The molecule has 0 saturated carbocycles. The monoisotopic (exact) mass is 282 g/mol. The molecule has 1 fully saturated rings. The molecule has 0 amide bonds. The molecule has 0 aromatic heterocycles. The van der Waals surface area contributed by atoms with E-state index in [1.54, 1.807) is 29.2 Å². The Labute approximate surface area is 118 Å². The highest BCUT2D eigenvalue weighted by Gasteiger charge is 2.12. The van der Waals surface area contributed by atoms with Gasteiger partial charge in [-0.1, -0.05) is 0 Å². The van der Waals surface area contributed by atoms with Crippen molar-refractivity contribution in [1.82, 2.24) is 5.32 Å². The molecule has 1 heterocycles. The van der Waals surface area contributed by atoms with Gasteiger partial charge in [0.15, 0.2) is 5.11 Å². The van der Waals surface area contributed by atoms with Crippen molar-refractivity contribution < 1.29 is 14.7 Å². The van der Waals surface area contributed by atoms with Crippen LogP contribution in [0, 0.1) is 0 Å². The fourth-order valence-electron chi connectivity index (χ4n) is 1.98. The second-order valence-corrected chi connectivity index (χ2v) is 4.95. The number of aromatic hydroxyl groups is 1. The highest BCUT2D eigenvalue weighted by atomic mass is 32.1. The highest BCUT2D eigenvalue weighted by Crippen LogP contribution is 2.13. The highest BCUT2D eigenvalue weighted by molar-refractivity contribution is 7.80. The van der Waals surface area contributed by atoms with Crippen molar-refractivity contribution in [1.29, 1.82) is 0 Å². The summed E-state index contributed by atoms with van der Waals surface area (Å²) in [7, 11) is 0. The summed E-state index contributed by atoms with van der Waals surface area (Å²) in [4.78, 5) is 1.55. The summed E-state index contributed by atoms with van der Waals surface area (Å²) >= 11 is 5.22. The largest absolute Gasteiger partial charge is 0.508 e. The van der Waals surface area contributed by atoms with E-state index in [4.69, 9.17) is 17.0 Å². The number of morpholine rings is 1. The van der Waals surface area contributed by atoms with E-state index < -0.39 is 0 Å². The van der Waals surface area contributed by atoms with E-state index in [1.807, 2.05) is 0 Å². The van der Waals surface area contributed by atoms with Gasteiger partial charge in [0.25, 0.3) is 0 Å². The van der Waals surface area contributed by atoms with Crippen LogP contribution in [0.25, 0.3) is 0 Å². The first-order valence-electron chi connectivity index (χ1n) is 6.49. The van der Waals surface area contributed by atoms with Crippen molar-refractivity contribution in [2.45, 2.75) is 0 Å². The number of thiocarbonyl (C=S) groups is 1. The number of phenolic OH excluding ortho intramolecular Hbond substituents is 1. The van der Waals surface area contributed by atoms with E-state index in [9.17, 15) is 5.11 Å². The third-order valence-electron chi connectivity index (χ3n) is 3.09. The smallest absolute Gasteiger partial charge is 0.170 e. The summed E-state index contributed by atoms with van der Waals surface area (Å²) < 4.78 is 5.32. The molecule has 1 aliphatic heterocycles. The molecule has 0 unspecified atom stereocenters. The average molecular weight is 282 g/mol. The lowest BCUT2D eigenvalue weighted by Gasteiger charge is -2.24. The molecule has 1 aromatic carbocycles. The Hall–Kier alpha value is -1.37. The van der Waals surface area contributed by atoms with Gasteiger partial charge in [-0.3, -0.25) is 0 Å². The predicted octanol–water partition coefficient (Wildman–Crippen LogP) is -0.406. The van der Waals surface area contributed by atoms with Crippen LogP contribution in [0.3, 0.4) is 0 Å². The Morgan fingerprint density at radius 2 is 1.95 bits per heavy atom. The maximum atomic E-state index is 9.19. The molecular formula is C13H20N3O2S+. The van der Waals surface area contributed by atoms with E-state index in [-0.39, 0.29) is 5.75 Å². The van der Waals surface area contributed by atoms with E-state index >= 15 is 0 Å². The second-order valence-electron chi connectivity index (χ2n) is 4.54. The molecule has 0 radical (unpaired) electrons. The van der Waals surface area contributed by atoms with Crippen LogP contribution in [0.15, 0.2) is 24.3 Å². The van der Waals surface area contributed by atoms with Crippen LogP contribution in [0.4, 0.5) is 5.69 Å². The fraction of sp³-hybridized carbons (Fsp3) is 0.462. The third-order valence-corrected chi connectivity index (χ3v) is 3.34. The first kappa shape index (κ1) is 14.0. The van der Waals surface area contributed by atoms with Crippen molar-refractivity contribution in [3.8, 4) is 5.75 Å². The Kier molecular flexibility index (Phi) is 5.38. The number of nitrogens with one attached hydrogen (secondary N) is 3. The lowest BCUT2D eigenvalue weighted by molar-refractivity contribution is -0.906. The summed E-state index contributed by atoms with van der Waals surface area (Å²) in [5.74, 6) is 0.250. The molecular weight excluding hydrogens is 262 g/mol. The van der Waals surface area contributed by atoms with E-state index in [0.717, 1.165) is 45.1 Å². The van der Waals surface area contributed by atoms with Crippen LogP contribution in [-0.2, 0) is 4.74 Å². The molecule has 0 spiro atoms. The lowest BCUT2D eigenvalue weighted by atomic mass is 10.3. The quantitative estimate of drug-likeness (QED) is 0.447. The summed E-state index contributed by atoms with van der Waals surface area (Å²) in [6.45, 7) is 5.73. The number of ether oxygens (including phenoxy) is 1. The molecule has 2 rings (SSSR count). The van der Waals surface area contributed by atoms with Gasteiger partial charge in [0.1, 0.15) is 18.8 Å². The van der Waals surface area contributed by atoms with Crippen molar-refractivity contribution in [3.05, 3.63) is 24.3 Å². The van der Waals surface area contributed by atoms with Crippen LogP contribution in [0.1, 0.15) is 0 Å². The van der Waals surface area contributed by atoms with Crippen LogP contribution < -0.4 is 15.5 Å². The van der Waals surface area contributed by atoms with Crippen molar-refractivity contribution in [2.75, 3.05) is 44.7 Å². The normalized spacial score (nSPS) is 16.0. The Bertz CT molecular complexity index is 405. The van der Waals surface area contributed by atoms with Gasteiger partial charge in [0, 0.05) is 5.69 Å². The number of hydrogen-bond acceptors (Lipinski definition) is 3. The number of anilines is 1. The van der Waals surface area contributed by atoms with Gasteiger partial charge in [-0.2, -0.15) is 0 Å². The van der Waals surface area contributed by atoms with Gasteiger partial charge < -0.3 is 25.4 Å². The molecule has 1 aliphatic rings. The molecule has 1 saturated heterocycles. The zero-order chi connectivity index (χ0) is 13.5. The van der Waals surface area contributed by atoms with E-state index in [0.29, 0.717) is 5.11 Å². The lowest BCUT2D eigenvalue weighted by Crippen LogP contribution is -3.14. The van der Waals surface area contributed by atoms with Crippen molar-refractivity contribution in [3.63, 3.8) is 0 Å². The van der Waals surface area contributed by atoms with Gasteiger partial charge in [0.2, 0.25) is 0 Å². The van der Waals surface area contributed by atoms with Crippen LogP contribution in [0.5, 0.6) is 5.75 Å². The minimum absolute atomic E-state index is 0.250. The molecule has 0 atom stereocenters. The Morgan fingerprint density at radius 1 is 1.26 bits per heavy atom. The minimum atomic E-state index is 0.250. The van der Waals surface area contributed by atoms with Crippen LogP contribution in [0.2, 0.25) is 0 Å². The molecule has 6 heteroatoms. The average Bonchev–Trinajstić information content (AvgIpc) is 2.43. The maximum Gasteiger partial charge on any atom is 0.170 e. The molecule has 4 N–H and O–H groups in total. The first-order chi connectivity index (χ1) is 9.24. The Balaban J connectivity index is 1.65. The number of rotatable bonds is 4. The third kappa shape index (κ3) is 5.02. The number of quaternary nitrogens is 1. The first-order valence-corrected chi connectivity index (χ1v) is 6.90. The summed E-state index contributed by atoms with van der Waals surface area (Å²) in [5.41, 5.74) is 0.869. The Morgan fingerprint density at radius 3 is 2.63 bits per heavy atom. The standard InChI is InChI=1S/C13H19N3O2S/c17-12-3-1-11(2-4-12)15-13(19)14-5-6-16-7-9-18-10-8-16/h1-4,17H,5-10H2,(H2,14,15,19)/p+1. The number of phenols is 1. The predicted molar refractivity (Wildman–Crippen MR) is 78.7 cm³/mol. The molecule has 0 bridgehead atoms. The van der Waals surface area contributed by atoms with Gasteiger partial charge in [0.05, 0.1) is 26.3 Å². The molecule has 19 heavy (non-hydrogen) atoms. The minimum Gasteiger partial charge on any atom is -0.508 e. The topological polar surface area (TPSA) is 58.0 Å². The van der Waals surface area contributed by atoms with Gasteiger partial charge >= 0.3 is 0 Å². The summed E-state index contributed by atoms with van der Waals surface area (Å²) in [5, 5.41) is 16.1. The van der Waals surface area contributed by atoms with Crippen molar-refractivity contribution >= 4 is 23.0 Å². The van der Waals surface area contributed by atoms with Crippen LogP contribution >= 0.6 is 12.2 Å². The zero-order valence-corrected chi connectivity index (χ0v) is 11.6. The van der Waals surface area contributed by atoms with Gasteiger partial charge in [-0.15, -0.1) is 0 Å². The zero-order valence-electron chi connectivity index (χ0n) is 10.8. The molecule has 1 aromatic rings. The number of hydrogen-bond donors (Lipinski definition) is 4. The molecule has 104 valence electrons. The van der Waals surface area contributed by atoms with Crippen molar-refractivity contribution in [2.24, 2.45) is 0 Å².